The van der Waals surface area contributed by atoms with Crippen LogP contribution in [0, 0.1) is 18.7 Å². The maximum absolute atomic E-state index is 13.6. The van der Waals surface area contributed by atoms with E-state index in [0.717, 1.165) is 31.6 Å². The quantitative estimate of drug-likeness (QED) is 0.763. The Balaban J connectivity index is 2.37. The van der Waals surface area contributed by atoms with Crippen LogP contribution in [-0.2, 0) is 0 Å². The zero-order valence-corrected chi connectivity index (χ0v) is 11.3. The van der Waals surface area contributed by atoms with Gasteiger partial charge in [0.1, 0.15) is 5.82 Å². The second-order valence-electron chi connectivity index (χ2n) is 5.18. The molecule has 3 heteroatoms. The highest BCUT2D eigenvalue weighted by molar-refractivity contribution is 6.00. The van der Waals surface area contributed by atoms with Crippen molar-refractivity contribution in [1.29, 1.82) is 0 Å². The van der Waals surface area contributed by atoms with E-state index >= 15 is 0 Å². The van der Waals surface area contributed by atoms with Crippen LogP contribution in [0.5, 0.6) is 0 Å². The summed E-state index contributed by atoms with van der Waals surface area (Å²) in [5.74, 6) is 0.328. The summed E-state index contributed by atoms with van der Waals surface area (Å²) in [7, 11) is 0. The van der Waals surface area contributed by atoms with Crippen LogP contribution in [0.4, 0.5) is 10.1 Å². The van der Waals surface area contributed by atoms with Crippen LogP contribution in [0.1, 0.15) is 42.6 Å². The number of benzene rings is 1. The number of anilines is 1. The zero-order chi connectivity index (χ0) is 13.3. The van der Waals surface area contributed by atoms with Gasteiger partial charge >= 0.3 is 0 Å². The Morgan fingerprint density at radius 2 is 2.22 bits per heavy atom. The molecule has 0 amide bonds. The van der Waals surface area contributed by atoms with Gasteiger partial charge in [-0.1, -0.05) is 13.3 Å². The number of nitrogens with zero attached hydrogens (tertiary/aromatic N) is 1. The molecule has 2 nitrogen and oxygen atoms in total. The fourth-order valence-corrected chi connectivity index (χ4v) is 2.59. The molecule has 2 rings (SSSR count). The molecule has 1 atom stereocenters. The number of ketones is 1. The Morgan fingerprint density at radius 3 is 2.78 bits per heavy atom. The summed E-state index contributed by atoms with van der Waals surface area (Å²) >= 11 is 0. The first kappa shape index (κ1) is 13.1. The fraction of sp³-hybridized carbons (Fsp3) is 0.533. The highest BCUT2D eigenvalue weighted by atomic mass is 19.1. The summed E-state index contributed by atoms with van der Waals surface area (Å²) < 4.78 is 13.6. The van der Waals surface area contributed by atoms with Crippen LogP contribution in [0.2, 0.25) is 0 Å². The van der Waals surface area contributed by atoms with Gasteiger partial charge in [-0.15, -0.1) is 0 Å². The van der Waals surface area contributed by atoms with Crippen molar-refractivity contribution in [3.8, 4) is 0 Å². The molecule has 0 aromatic heterocycles. The first-order chi connectivity index (χ1) is 8.52. The third kappa shape index (κ3) is 2.40. The first-order valence-corrected chi connectivity index (χ1v) is 6.59. The fourth-order valence-electron chi connectivity index (χ4n) is 2.59. The number of carbonyl (C=O) groups excluding carboxylic acids is 1. The van der Waals surface area contributed by atoms with Gasteiger partial charge in [0.25, 0.3) is 0 Å². The second kappa shape index (κ2) is 5.09. The number of carbonyl (C=O) groups is 1. The second-order valence-corrected chi connectivity index (χ2v) is 5.18. The standard InChI is InChI=1S/C15H20FNO/c1-4-12-5-6-17(9-12)15-7-10(2)14(16)8-13(15)11(3)18/h7-8,12H,4-6,9H2,1-3H3. The third-order valence-electron chi connectivity index (χ3n) is 3.86. The molecule has 0 N–H and O–H groups in total. The van der Waals surface area contributed by atoms with E-state index in [2.05, 4.69) is 11.8 Å². The molecule has 1 heterocycles. The van der Waals surface area contributed by atoms with Crippen LogP contribution in [0.25, 0.3) is 0 Å². The number of rotatable bonds is 3. The van der Waals surface area contributed by atoms with E-state index in [9.17, 15) is 9.18 Å². The Morgan fingerprint density at radius 1 is 1.50 bits per heavy atom. The van der Waals surface area contributed by atoms with E-state index in [1.807, 2.05) is 6.07 Å². The largest absolute Gasteiger partial charge is 0.371 e. The number of hydrogen-bond donors (Lipinski definition) is 0. The molecule has 1 aromatic carbocycles. The van der Waals surface area contributed by atoms with Crippen molar-refractivity contribution in [1.82, 2.24) is 0 Å². The lowest BCUT2D eigenvalue weighted by Crippen LogP contribution is -2.22. The lowest BCUT2D eigenvalue weighted by Gasteiger charge is -2.22. The van der Waals surface area contributed by atoms with Gasteiger partial charge in [-0.25, -0.2) is 4.39 Å². The molecular weight excluding hydrogens is 229 g/mol. The monoisotopic (exact) mass is 249 g/mol. The lowest BCUT2D eigenvalue weighted by atomic mass is 10.0. The maximum Gasteiger partial charge on any atom is 0.161 e. The normalized spacial score (nSPS) is 19.3. The average Bonchev–Trinajstić information content (AvgIpc) is 2.80. The molecule has 1 unspecified atom stereocenters. The van der Waals surface area contributed by atoms with E-state index in [-0.39, 0.29) is 11.6 Å². The van der Waals surface area contributed by atoms with Crippen LogP contribution in [-0.4, -0.2) is 18.9 Å². The van der Waals surface area contributed by atoms with Gasteiger partial charge in [-0.05, 0) is 43.9 Å². The van der Waals surface area contributed by atoms with E-state index in [0.29, 0.717) is 17.0 Å². The molecule has 0 radical (unpaired) electrons. The SMILES string of the molecule is CCC1CCN(c2cc(C)c(F)cc2C(C)=O)C1. The minimum absolute atomic E-state index is 0.0659. The molecule has 1 aromatic rings. The maximum atomic E-state index is 13.6. The summed E-state index contributed by atoms with van der Waals surface area (Å²) in [5, 5.41) is 0. The van der Waals surface area contributed by atoms with Crippen molar-refractivity contribution in [2.24, 2.45) is 5.92 Å². The first-order valence-electron chi connectivity index (χ1n) is 6.59. The molecule has 18 heavy (non-hydrogen) atoms. The molecule has 0 saturated carbocycles. The minimum atomic E-state index is -0.296. The van der Waals surface area contributed by atoms with Gasteiger partial charge in [-0.3, -0.25) is 4.79 Å². The summed E-state index contributed by atoms with van der Waals surface area (Å²) in [6.45, 7) is 7.37. The molecule has 1 fully saturated rings. The summed E-state index contributed by atoms with van der Waals surface area (Å²) in [6.07, 6.45) is 2.32. The smallest absolute Gasteiger partial charge is 0.161 e. The van der Waals surface area contributed by atoms with E-state index in [1.54, 1.807) is 6.92 Å². The van der Waals surface area contributed by atoms with Gasteiger partial charge < -0.3 is 4.90 Å². The van der Waals surface area contributed by atoms with Gasteiger partial charge in [0, 0.05) is 24.3 Å². The van der Waals surface area contributed by atoms with Crippen LogP contribution in [0.3, 0.4) is 0 Å². The van der Waals surface area contributed by atoms with Gasteiger partial charge in [0.15, 0.2) is 5.78 Å². The number of halogens is 1. The van der Waals surface area contributed by atoms with Crippen molar-refractivity contribution in [2.45, 2.75) is 33.6 Å². The summed E-state index contributed by atoms with van der Waals surface area (Å²) in [5.41, 5.74) is 2.02. The highest BCUT2D eigenvalue weighted by Crippen LogP contribution is 2.30. The molecule has 98 valence electrons. The number of hydrogen-bond acceptors (Lipinski definition) is 2. The highest BCUT2D eigenvalue weighted by Gasteiger charge is 2.24. The van der Waals surface area contributed by atoms with E-state index in [1.165, 1.54) is 13.0 Å². The van der Waals surface area contributed by atoms with Gasteiger partial charge in [0.2, 0.25) is 0 Å². The van der Waals surface area contributed by atoms with Crippen molar-refractivity contribution in [2.75, 3.05) is 18.0 Å². The van der Waals surface area contributed by atoms with Gasteiger partial charge in [0.05, 0.1) is 0 Å². The molecule has 0 aliphatic carbocycles. The molecular formula is C15H20FNO. The van der Waals surface area contributed by atoms with Crippen LogP contribution < -0.4 is 4.90 Å². The van der Waals surface area contributed by atoms with Crippen molar-refractivity contribution >= 4 is 11.5 Å². The molecule has 1 aliphatic rings. The molecule has 1 aliphatic heterocycles. The predicted molar refractivity (Wildman–Crippen MR) is 71.8 cm³/mol. The van der Waals surface area contributed by atoms with Crippen molar-refractivity contribution in [3.05, 3.63) is 29.1 Å². The molecule has 1 saturated heterocycles. The summed E-state index contributed by atoms with van der Waals surface area (Å²) in [6, 6.07) is 3.19. The Bertz CT molecular complexity index is 470. The predicted octanol–water partition coefficient (Wildman–Crippen LogP) is 3.57. The minimum Gasteiger partial charge on any atom is -0.371 e. The third-order valence-corrected chi connectivity index (χ3v) is 3.86. The van der Waals surface area contributed by atoms with Gasteiger partial charge in [-0.2, -0.15) is 0 Å². The van der Waals surface area contributed by atoms with E-state index < -0.39 is 0 Å². The Kier molecular flexibility index (Phi) is 3.69. The Labute approximate surface area is 108 Å². The number of Topliss-reactive ketones (excluding diaryl/α,β-unsaturated/α-hetero) is 1. The van der Waals surface area contributed by atoms with Crippen molar-refractivity contribution in [3.63, 3.8) is 0 Å². The molecule has 0 bridgehead atoms. The molecule has 0 spiro atoms. The summed E-state index contributed by atoms with van der Waals surface area (Å²) in [4.78, 5) is 13.9. The van der Waals surface area contributed by atoms with Crippen LogP contribution in [0.15, 0.2) is 12.1 Å². The van der Waals surface area contributed by atoms with Crippen LogP contribution >= 0.6 is 0 Å². The Hall–Kier alpha value is -1.38. The number of aryl methyl sites for hydroxylation is 1. The lowest BCUT2D eigenvalue weighted by molar-refractivity contribution is 0.101. The average molecular weight is 249 g/mol. The zero-order valence-electron chi connectivity index (χ0n) is 11.3. The topological polar surface area (TPSA) is 20.3 Å². The van der Waals surface area contributed by atoms with E-state index in [4.69, 9.17) is 0 Å². The van der Waals surface area contributed by atoms with Crippen molar-refractivity contribution < 1.29 is 9.18 Å².